The summed E-state index contributed by atoms with van der Waals surface area (Å²) in [4.78, 5) is 11.9. The first-order valence-electron chi connectivity index (χ1n) is 5.71. The van der Waals surface area contributed by atoms with Crippen LogP contribution in [0.3, 0.4) is 0 Å². The zero-order valence-corrected chi connectivity index (χ0v) is 10.2. The zero-order chi connectivity index (χ0) is 14.0. The van der Waals surface area contributed by atoms with E-state index < -0.39 is 28.8 Å². The lowest BCUT2D eigenvalue weighted by atomic mass is 10.00. The van der Waals surface area contributed by atoms with Gasteiger partial charge >= 0.3 is 0 Å². The molecule has 0 aromatic heterocycles. The Bertz CT molecular complexity index is 635. The molecule has 0 unspecified atom stereocenters. The molecular weight excluding hydrogens is 253 g/mol. The molecule has 0 aliphatic heterocycles. The third-order valence-electron chi connectivity index (χ3n) is 2.82. The van der Waals surface area contributed by atoms with E-state index in [2.05, 4.69) is 0 Å². The summed E-state index contributed by atoms with van der Waals surface area (Å²) >= 11 is 0. The molecule has 98 valence electrons. The molecule has 19 heavy (non-hydrogen) atoms. The molecule has 0 amide bonds. The summed E-state index contributed by atoms with van der Waals surface area (Å²) < 4.78 is 40.3. The molecule has 0 radical (unpaired) electrons. The van der Waals surface area contributed by atoms with Crippen molar-refractivity contribution in [2.45, 2.75) is 13.3 Å². The Morgan fingerprint density at radius 1 is 1.11 bits per heavy atom. The Balaban J connectivity index is 2.33. The van der Waals surface area contributed by atoms with Gasteiger partial charge in [-0.15, -0.1) is 0 Å². The van der Waals surface area contributed by atoms with Crippen molar-refractivity contribution in [1.82, 2.24) is 0 Å². The molecule has 0 fully saturated rings. The molecule has 2 aromatic rings. The third kappa shape index (κ3) is 2.84. The van der Waals surface area contributed by atoms with Gasteiger partial charge in [0.05, 0.1) is 5.56 Å². The van der Waals surface area contributed by atoms with E-state index in [0.29, 0.717) is 5.56 Å². The van der Waals surface area contributed by atoms with E-state index in [0.717, 1.165) is 6.07 Å². The van der Waals surface area contributed by atoms with Crippen molar-refractivity contribution in [3.05, 3.63) is 70.5 Å². The lowest BCUT2D eigenvalue weighted by molar-refractivity contribution is 0.0984. The number of hydrogen-bond acceptors (Lipinski definition) is 1. The fraction of sp³-hybridized carbons (Fsp3) is 0.133. The van der Waals surface area contributed by atoms with E-state index in [1.165, 1.54) is 37.3 Å². The molecule has 2 rings (SSSR count). The SMILES string of the molecule is Cc1ccc(F)c(C(=O)Cc2cccc(F)c2)c1F. The average molecular weight is 264 g/mol. The number of halogens is 3. The van der Waals surface area contributed by atoms with Crippen molar-refractivity contribution in [3.8, 4) is 0 Å². The van der Waals surface area contributed by atoms with Gasteiger partial charge in [-0.3, -0.25) is 4.79 Å². The first-order valence-corrected chi connectivity index (χ1v) is 5.71. The summed E-state index contributed by atoms with van der Waals surface area (Å²) in [6.07, 6.45) is -0.241. The molecule has 0 aliphatic rings. The van der Waals surface area contributed by atoms with Crippen LogP contribution >= 0.6 is 0 Å². The third-order valence-corrected chi connectivity index (χ3v) is 2.82. The van der Waals surface area contributed by atoms with Crippen molar-refractivity contribution in [1.29, 1.82) is 0 Å². The van der Waals surface area contributed by atoms with Crippen molar-refractivity contribution < 1.29 is 18.0 Å². The summed E-state index contributed by atoms with van der Waals surface area (Å²) in [6.45, 7) is 1.45. The highest BCUT2D eigenvalue weighted by atomic mass is 19.1. The van der Waals surface area contributed by atoms with E-state index in [1.54, 1.807) is 0 Å². The zero-order valence-electron chi connectivity index (χ0n) is 10.2. The van der Waals surface area contributed by atoms with E-state index in [4.69, 9.17) is 0 Å². The van der Waals surface area contributed by atoms with Gasteiger partial charge in [-0.05, 0) is 36.2 Å². The van der Waals surface area contributed by atoms with Crippen LogP contribution in [0, 0.1) is 24.4 Å². The Morgan fingerprint density at radius 3 is 2.53 bits per heavy atom. The number of aryl methyl sites for hydroxylation is 1. The van der Waals surface area contributed by atoms with Gasteiger partial charge in [0.25, 0.3) is 0 Å². The minimum atomic E-state index is -0.899. The molecular formula is C15H11F3O. The molecule has 0 saturated carbocycles. The lowest BCUT2D eigenvalue weighted by Crippen LogP contribution is -2.10. The normalized spacial score (nSPS) is 10.5. The van der Waals surface area contributed by atoms with Gasteiger partial charge in [0.1, 0.15) is 17.5 Å². The fourth-order valence-electron chi connectivity index (χ4n) is 1.83. The van der Waals surface area contributed by atoms with Gasteiger partial charge in [-0.2, -0.15) is 0 Å². The van der Waals surface area contributed by atoms with Crippen molar-refractivity contribution in [2.75, 3.05) is 0 Å². The van der Waals surface area contributed by atoms with Crippen LogP contribution in [0.5, 0.6) is 0 Å². The van der Waals surface area contributed by atoms with Crippen LogP contribution in [0.1, 0.15) is 21.5 Å². The van der Waals surface area contributed by atoms with E-state index >= 15 is 0 Å². The van der Waals surface area contributed by atoms with Gasteiger partial charge in [-0.25, -0.2) is 13.2 Å². The Hall–Kier alpha value is -2.10. The molecule has 0 saturated heterocycles. The number of carbonyl (C=O) groups excluding carboxylic acids is 1. The monoisotopic (exact) mass is 264 g/mol. The van der Waals surface area contributed by atoms with Crippen molar-refractivity contribution >= 4 is 5.78 Å². The van der Waals surface area contributed by atoms with Crippen LogP contribution < -0.4 is 0 Å². The van der Waals surface area contributed by atoms with Crippen molar-refractivity contribution in [2.24, 2.45) is 0 Å². The first-order chi connectivity index (χ1) is 8.99. The molecule has 0 N–H and O–H groups in total. The quantitative estimate of drug-likeness (QED) is 0.770. The maximum absolute atomic E-state index is 13.8. The average Bonchev–Trinajstić information content (AvgIpc) is 2.34. The number of benzene rings is 2. The highest BCUT2D eigenvalue weighted by molar-refractivity contribution is 5.98. The minimum Gasteiger partial charge on any atom is -0.294 e. The highest BCUT2D eigenvalue weighted by Crippen LogP contribution is 2.19. The van der Waals surface area contributed by atoms with Crippen LogP contribution in [0.25, 0.3) is 0 Å². The number of carbonyl (C=O) groups is 1. The van der Waals surface area contributed by atoms with Gasteiger partial charge in [0.2, 0.25) is 0 Å². The number of rotatable bonds is 3. The summed E-state index contributed by atoms with van der Waals surface area (Å²) in [5.41, 5.74) is 0.0126. The number of hydrogen-bond donors (Lipinski definition) is 0. The van der Waals surface area contributed by atoms with Gasteiger partial charge < -0.3 is 0 Å². The van der Waals surface area contributed by atoms with Gasteiger partial charge in [0, 0.05) is 6.42 Å². The van der Waals surface area contributed by atoms with Crippen LogP contribution in [-0.4, -0.2) is 5.78 Å². The molecule has 1 nitrogen and oxygen atoms in total. The Morgan fingerprint density at radius 2 is 1.84 bits per heavy atom. The molecule has 0 atom stereocenters. The number of ketones is 1. The second-order valence-electron chi connectivity index (χ2n) is 4.28. The smallest absolute Gasteiger partial charge is 0.173 e. The summed E-state index contributed by atoms with van der Waals surface area (Å²) in [7, 11) is 0. The molecule has 4 heteroatoms. The summed E-state index contributed by atoms with van der Waals surface area (Å²) in [6, 6.07) is 7.71. The van der Waals surface area contributed by atoms with Crippen LogP contribution in [-0.2, 0) is 6.42 Å². The summed E-state index contributed by atoms with van der Waals surface area (Å²) in [5.74, 6) is -2.95. The maximum Gasteiger partial charge on any atom is 0.173 e. The molecule has 0 heterocycles. The second kappa shape index (κ2) is 5.26. The van der Waals surface area contributed by atoms with Crippen molar-refractivity contribution in [3.63, 3.8) is 0 Å². The molecule has 0 spiro atoms. The maximum atomic E-state index is 13.8. The lowest BCUT2D eigenvalue weighted by Gasteiger charge is -2.06. The first kappa shape index (κ1) is 13.3. The largest absolute Gasteiger partial charge is 0.294 e. The predicted octanol–water partition coefficient (Wildman–Crippen LogP) is 3.84. The van der Waals surface area contributed by atoms with E-state index in [9.17, 15) is 18.0 Å². The van der Waals surface area contributed by atoms with Gasteiger partial charge in [-0.1, -0.05) is 18.2 Å². The van der Waals surface area contributed by atoms with Crippen LogP contribution in [0.2, 0.25) is 0 Å². The topological polar surface area (TPSA) is 17.1 Å². The van der Waals surface area contributed by atoms with E-state index in [-0.39, 0.29) is 12.0 Å². The Kier molecular flexibility index (Phi) is 3.69. The standard InChI is InChI=1S/C15H11F3O/c1-9-5-6-12(17)14(15(9)18)13(19)8-10-3-2-4-11(16)7-10/h2-7H,8H2,1H3. The second-order valence-corrected chi connectivity index (χ2v) is 4.28. The predicted molar refractivity (Wildman–Crippen MR) is 65.5 cm³/mol. The van der Waals surface area contributed by atoms with Crippen LogP contribution in [0.4, 0.5) is 13.2 Å². The fourth-order valence-corrected chi connectivity index (χ4v) is 1.83. The van der Waals surface area contributed by atoms with Gasteiger partial charge in [0.15, 0.2) is 5.78 Å². The molecule has 0 bridgehead atoms. The highest BCUT2D eigenvalue weighted by Gasteiger charge is 2.19. The minimum absolute atomic E-state index is 0.198. The molecule has 0 aliphatic carbocycles. The van der Waals surface area contributed by atoms with Crippen LogP contribution in [0.15, 0.2) is 36.4 Å². The molecule has 2 aromatic carbocycles. The number of Topliss-reactive ketones (excluding diaryl/α,β-unsaturated/α-hetero) is 1. The summed E-state index contributed by atoms with van der Waals surface area (Å²) in [5, 5.41) is 0. The van der Waals surface area contributed by atoms with E-state index in [1.807, 2.05) is 0 Å². The Labute approximate surface area is 108 Å².